The lowest BCUT2D eigenvalue weighted by Gasteiger charge is -2.14. The third-order valence-corrected chi connectivity index (χ3v) is 4.34. The van der Waals surface area contributed by atoms with Crippen LogP contribution in [0.15, 0.2) is 54.6 Å². The van der Waals surface area contributed by atoms with Crippen molar-refractivity contribution in [2.75, 3.05) is 11.9 Å². The fourth-order valence-electron chi connectivity index (χ4n) is 2.74. The van der Waals surface area contributed by atoms with Gasteiger partial charge in [0.1, 0.15) is 0 Å². The molecule has 0 bridgehead atoms. The van der Waals surface area contributed by atoms with Gasteiger partial charge in [0.2, 0.25) is 5.91 Å². The number of benzene rings is 2. The molecular weight excluding hydrogens is 412 g/mol. The molecule has 0 saturated carbocycles. The first-order valence-electron chi connectivity index (χ1n) is 10.4. The molecule has 0 heterocycles. The highest BCUT2D eigenvalue weighted by Crippen LogP contribution is 2.13. The van der Waals surface area contributed by atoms with Gasteiger partial charge in [0.25, 0.3) is 5.91 Å². The van der Waals surface area contributed by atoms with Gasteiger partial charge >= 0.3 is 11.9 Å². The molecule has 2 amide bonds. The van der Waals surface area contributed by atoms with Crippen LogP contribution in [0, 0.1) is 0 Å². The minimum atomic E-state index is -0.644. The summed E-state index contributed by atoms with van der Waals surface area (Å²) < 4.78 is 10.0. The zero-order valence-corrected chi connectivity index (χ0v) is 18.4. The van der Waals surface area contributed by atoms with Gasteiger partial charge in [0.15, 0.2) is 6.61 Å². The highest BCUT2D eigenvalue weighted by Gasteiger charge is 2.14. The van der Waals surface area contributed by atoms with Gasteiger partial charge in [-0.25, -0.2) is 4.79 Å². The van der Waals surface area contributed by atoms with Crippen LogP contribution in [-0.4, -0.2) is 36.5 Å². The number of hydrogen-bond donors (Lipinski definition) is 2. The molecule has 2 rings (SSSR count). The molecule has 1 atom stereocenters. The fraction of sp³-hybridized carbons (Fsp3) is 0.333. The van der Waals surface area contributed by atoms with E-state index in [1.165, 1.54) is 0 Å². The highest BCUT2D eigenvalue weighted by molar-refractivity contribution is 5.94. The van der Waals surface area contributed by atoms with Gasteiger partial charge in [0.05, 0.1) is 24.1 Å². The minimum Gasteiger partial charge on any atom is -0.459 e. The number of ether oxygens (including phenoxy) is 2. The number of anilines is 1. The number of rotatable bonds is 10. The smallest absolute Gasteiger partial charge is 0.338 e. The molecule has 8 nitrogen and oxygen atoms in total. The Labute approximate surface area is 187 Å². The van der Waals surface area contributed by atoms with E-state index in [0.717, 1.165) is 5.56 Å². The van der Waals surface area contributed by atoms with Crippen molar-refractivity contribution in [1.29, 1.82) is 0 Å². The van der Waals surface area contributed by atoms with Crippen LogP contribution < -0.4 is 10.6 Å². The number of amides is 2. The monoisotopic (exact) mass is 440 g/mol. The summed E-state index contributed by atoms with van der Waals surface area (Å²) in [5, 5.41) is 5.38. The third kappa shape index (κ3) is 8.59. The van der Waals surface area contributed by atoms with Crippen LogP contribution in [0.4, 0.5) is 5.69 Å². The Kier molecular flexibility index (Phi) is 9.41. The number of hydrogen-bond acceptors (Lipinski definition) is 6. The van der Waals surface area contributed by atoms with Crippen LogP contribution in [-0.2, 0) is 23.9 Å². The van der Waals surface area contributed by atoms with Crippen molar-refractivity contribution in [1.82, 2.24) is 5.32 Å². The second-order valence-electron chi connectivity index (χ2n) is 7.44. The van der Waals surface area contributed by atoms with Crippen molar-refractivity contribution >= 4 is 29.4 Å². The Balaban J connectivity index is 1.68. The first-order valence-corrected chi connectivity index (χ1v) is 10.4. The maximum atomic E-state index is 12.0. The van der Waals surface area contributed by atoms with Crippen LogP contribution in [0.3, 0.4) is 0 Å². The molecule has 2 aromatic carbocycles. The molecule has 0 aromatic heterocycles. The van der Waals surface area contributed by atoms with Crippen molar-refractivity contribution in [3.05, 3.63) is 65.7 Å². The van der Waals surface area contributed by atoms with Crippen molar-refractivity contribution in [2.45, 2.75) is 45.8 Å². The Bertz CT molecular complexity index is 925. The maximum Gasteiger partial charge on any atom is 0.338 e. The summed E-state index contributed by atoms with van der Waals surface area (Å²) in [5.41, 5.74) is 1.80. The van der Waals surface area contributed by atoms with E-state index < -0.39 is 24.5 Å². The lowest BCUT2D eigenvalue weighted by atomic mass is 10.1. The van der Waals surface area contributed by atoms with E-state index in [4.69, 9.17) is 9.47 Å². The van der Waals surface area contributed by atoms with Crippen molar-refractivity contribution < 1.29 is 28.7 Å². The minimum absolute atomic E-state index is 0.0992. The zero-order chi connectivity index (χ0) is 23.5. The highest BCUT2D eigenvalue weighted by atomic mass is 16.5. The Morgan fingerprint density at radius 3 is 2.12 bits per heavy atom. The summed E-state index contributed by atoms with van der Waals surface area (Å²) in [6.07, 6.45) is -0.482. The number of esters is 2. The quantitative estimate of drug-likeness (QED) is 0.548. The summed E-state index contributed by atoms with van der Waals surface area (Å²) in [5.74, 6) is -1.89. The Morgan fingerprint density at radius 2 is 1.50 bits per heavy atom. The van der Waals surface area contributed by atoms with E-state index in [9.17, 15) is 19.2 Å². The summed E-state index contributed by atoms with van der Waals surface area (Å²) >= 11 is 0. The maximum absolute atomic E-state index is 12.0. The van der Waals surface area contributed by atoms with E-state index in [1.807, 2.05) is 37.3 Å². The molecule has 32 heavy (non-hydrogen) atoms. The van der Waals surface area contributed by atoms with E-state index in [1.54, 1.807) is 38.1 Å². The van der Waals surface area contributed by atoms with Gasteiger partial charge in [-0.1, -0.05) is 30.3 Å². The molecule has 8 heteroatoms. The van der Waals surface area contributed by atoms with Crippen LogP contribution in [0.25, 0.3) is 0 Å². The topological polar surface area (TPSA) is 111 Å². The predicted molar refractivity (Wildman–Crippen MR) is 119 cm³/mol. The molecule has 170 valence electrons. The van der Waals surface area contributed by atoms with E-state index in [2.05, 4.69) is 10.6 Å². The van der Waals surface area contributed by atoms with Gasteiger partial charge in [-0.3, -0.25) is 14.4 Å². The second kappa shape index (κ2) is 12.2. The lowest BCUT2D eigenvalue weighted by molar-refractivity contribution is -0.149. The molecule has 0 aliphatic rings. The molecule has 2 N–H and O–H groups in total. The largest absolute Gasteiger partial charge is 0.459 e. The molecule has 0 spiro atoms. The van der Waals surface area contributed by atoms with Crippen LogP contribution in [0.5, 0.6) is 0 Å². The first-order chi connectivity index (χ1) is 15.2. The van der Waals surface area contributed by atoms with E-state index in [0.29, 0.717) is 11.3 Å². The van der Waals surface area contributed by atoms with Crippen LogP contribution in [0.2, 0.25) is 0 Å². The second-order valence-corrected chi connectivity index (χ2v) is 7.44. The zero-order valence-electron chi connectivity index (χ0n) is 18.4. The van der Waals surface area contributed by atoms with Gasteiger partial charge < -0.3 is 20.1 Å². The number of nitrogens with one attached hydrogen (secondary N) is 2. The summed E-state index contributed by atoms with van der Waals surface area (Å²) in [4.78, 5) is 47.6. The molecule has 0 aliphatic carbocycles. The lowest BCUT2D eigenvalue weighted by Crippen LogP contribution is -2.31. The molecule has 2 aromatic rings. The van der Waals surface area contributed by atoms with Crippen molar-refractivity contribution in [3.63, 3.8) is 0 Å². The van der Waals surface area contributed by atoms with E-state index >= 15 is 0 Å². The Morgan fingerprint density at radius 1 is 0.844 bits per heavy atom. The normalized spacial score (nSPS) is 11.4. The van der Waals surface area contributed by atoms with Crippen molar-refractivity contribution in [3.8, 4) is 0 Å². The average Bonchev–Trinajstić information content (AvgIpc) is 2.77. The molecular formula is C24H28N2O6. The standard InChI is InChI=1S/C24H28N2O6/c1-16(2)32-24(30)19-9-11-20(12-10-19)26-21(27)13-14-23(29)31-15-22(28)25-17(3)18-7-5-4-6-8-18/h4-12,16-17H,13-15H2,1-3H3,(H,25,28)(H,26,27)/t17-/m1/s1. The summed E-state index contributed by atoms with van der Waals surface area (Å²) in [7, 11) is 0. The van der Waals surface area contributed by atoms with E-state index in [-0.39, 0.29) is 30.9 Å². The first kappa shape index (κ1) is 24.6. The van der Waals surface area contributed by atoms with Gasteiger partial charge in [-0.15, -0.1) is 0 Å². The van der Waals surface area contributed by atoms with Gasteiger partial charge in [-0.05, 0) is 50.6 Å². The molecule has 0 saturated heterocycles. The number of carbonyl (C=O) groups is 4. The van der Waals surface area contributed by atoms with Crippen LogP contribution in [0.1, 0.15) is 55.6 Å². The SMILES string of the molecule is CC(C)OC(=O)c1ccc(NC(=O)CCC(=O)OCC(=O)N[C@H](C)c2ccccc2)cc1. The molecule has 0 unspecified atom stereocenters. The third-order valence-electron chi connectivity index (χ3n) is 4.34. The number of carbonyl (C=O) groups excluding carboxylic acids is 4. The molecule has 0 radical (unpaired) electrons. The summed E-state index contributed by atoms with van der Waals surface area (Å²) in [6, 6.07) is 15.4. The Hall–Kier alpha value is -3.68. The molecule has 0 aliphatic heterocycles. The predicted octanol–water partition coefficient (Wildman–Crippen LogP) is 3.39. The van der Waals surface area contributed by atoms with Gasteiger partial charge in [-0.2, -0.15) is 0 Å². The van der Waals surface area contributed by atoms with Crippen molar-refractivity contribution in [2.24, 2.45) is 0 Å². The van der Waals surface area contributed by atoms with Crippen LogP contribution >= 0.6 is 0 Å². The van der Waals surface area contributed by atoms with Gasteiger partial charge in [0, 0.05) is 12.1 Å². The summed E-state index contributed by atoms with van der Waals surface area (Å²) in [6.45, 7) is 4.94. The fourth-order valence-corrected chi connectivity index (χ4v) is 2.74. The molecule has 0 fully saturated rings. The average molecular weight is 440 g/mol.